The lowest BCUT2D eigenvalue weighted by molar-refractivity contribution is 0.121. The third kappa shape index (κ3) is 4.08. The largest absolute Gasteiger partial charge is 0.457 e. The highest BCUT2D eigenvalue weighted by Gasteiger charge is 2.27. The summed E-state index contributed by atoms with van der Waals surface area (Å²) in [5, 5.41) is 0. The van der Waals surface area contributed by atoms with Crippen molar-refractivity contribution in [2.24, 2.45) is 0 Å². The average molecular weight is 406 g/mol. The van der Waals surface area contributed by atoms with E-state index in [0.29, 0.717) is 31.5 Å². The van der Waals surface area contributed by atoms with Gasteiger partial charge in [-0.05, 0) is 50.2 Å². The van der Waals surface area contributed by atoms with Crippen molar-refractivity contribution in [1.82, 2.24) is 14.5 Å². The topological polar surface area (TPSA) is 59.8 Å². The lowest BCUT2D eigenvalue weighted by Crippen LogP contribution is -2.48. The first-order valence-electron chi connectivity index (χ1n) is 9.96. The molecule has 1 aliphatic rings. The van der Waals surface area contributed by atoms with Gasteiger partial charge in [0.1, 0.15) is 11.5 Å². The van der Waals surface area contributed by atoms with Gasteiger partial charge >= 0.3 is 0 Å². The number of hydrogen-bond acceptors (Lipinski definition) is 6. The zero-order valence-electron chi connectivity index (χ0n) is 17.5. The molecule has 1 aromatic heterocycles. The van der Waals surface area contributed by atoms with Gasteiger partial charge in [-0.1, -0.05) is 18.2 Å². The molecule has 0 spiro atoms. The fraction of sp³-hybridized carbons (Fsp3) is 0.304. The zero-order valence-corrected chi connectivity index (χ0v) is 17.5. The van der Waals surface area contributed by atoms with Crippen LogP contribution in [0.4, 0.5) is 11.6 Å². The monoisotopic (exact) mass is 406 g/mol. The average Bonchev–Trinajstić information content (AvgIpc) is 2.77. The molecule has 0 saturated carbocycles. The standard InChI is InChI=1S/C23H26N4O3/c1-17-18(2)24-23-26(15-25(13-14-29-3)16-27(23)22(17)28)19-9-11-21(12-10-19)30-20-7-5-4-6-8-20/h4-12H,13-16H2,1-3H3. The molecule has 0 aliphatic carbocycles. The summed E-state index contributed by atoms with van der Waals surface area (Å²) >= 11 is 0. The van der Waals surface area contributed by atoms with E-state index in [1.807, 2.05) is 68.4 Å². The van der Waals surface area contributed by atoms with Crippen LogP contribution >= 0.6 is 0 Å². The molecule has 156 valence electrons. The van der Waals surface area contributed by atoms with E-state index in [-0.39, 0.29) is 5.56 Å². The van der Waals surface area contributed by atoms with E-state index in [9.17, 15) is 4.79 Å². The number of benzene rings is 2. The lowest BCUT2D eigenvalue weighted by atomic mass is 10.2. The normalized spacial score (nSPS) is 13.9. The Kier molecular flexibility index (Phi) is 5.83. The molecular formula is C23H26N4O3. The smallest absolute Gasteiger partial charge is 0.259 e. The van der Waals surface area contributed by atoms with Crippen molar-refractivity contribution in [3.8, 4) is 11.5 Å². The van der Waals surface area contributed by atoms with Crippen molar-refractivity contribution in [2.75, 3.05) is 31.8 Å². The van der Waals surface area contributed by atoms with Gasteiger partial charge in [-0.15, -0.1) is 0 Å². The van der Waals surface area contributed by atoms with Crippen LogP contribution in [0, 0.1) is 13.8 Å². The lowest BCUT2D eigenvalue weighted by Gasteiger charge is -2.38. The van der Waals surface area contributed by atoms with Gasteiger partial charge in [-0.2, -0.15) is 0 Å². The molecule has 2 heterocycles. The van der Waals surface area contributed by atoms with Crippen molar-refractivity contribution in [3.05, 3.63) is 76.2 Å². The molecule has 2 aromatic carbocycles. The number of hydrogen-bond donors (Lipinski definition) is 0. The van der Waals surface area contributed by atoms with Gasteiger partial charge < -0.3 is 9.47 Å². The summed E-state index contributed by atoms with van der Waals surface area (Å²) in [5.41, 5.74) is 2.37. The van der Waals surface area contributed by atoms with Crippen LogP contribution in [0.3, 0.4) is 0 Å². The Balaban J connectivity index is 1.66. The molecule has 0 N–H and O–H groups in total. The summed E-state index contributed by atoms with van der Waals surface area (Å²) in [5.74, 6) is 2.20. The van der Waals surface area contributed by atoms with Crippen molar-refractivity contribution >= 4 is 11.6 Å². The van der Waals surface area contributed by atoms with E-state index < -0.39 is 0 Å². The quantitative estimate of drug-likeness (QED) is 0.623. The van der Waals surface area contributed by atoms with Gasteiger partial charge in [0.15, 0.2) is 0 Å². The van der Waals surface area contributed by atoms with Crippen molar-refractivity contribution in [1.29, 1.82) is 0 Å². The summed E-state index contributed by atoms with van der Waals surface area (Å²) in [6.07, 6.45) is 0. The number of aromatic nitrogens is 2. The molecule has 7 heteroatoms. The summed E-state index contributed by atoms with van der Waals surface area (Å²) in [4.78, 5) is 21.9. The maximum atomic E-state index is 12.9. The minimum absolute atomic E-state index is 0.00588. The second-order valence-electron chi connectivity index (χ2n) is 7.36. The van der Waals surface area contributed by atoms with Gasteiger partial charge in [0.25, 0.3) is 5.56 Å². The fourth-order valence-corrected chi connectivity index (χ4v) is 3.46. The van der Waals surface area contributed by atoms with Gasteiger partial charge in [0, 0.05) is 30.6 Å². The first-order chi connectivity index (χ1) is 14.6. The Labute approximate surface area is 176 Å². The highest BCUT2D eigenvalue weighted by molar-refractivity contribution is 5.59. The highest BCUT2D eigenvalue weighted by Crippen LogP contribution is 2.30. The van der Waals surface area contributed by atoms with Gasteiger partial charge in [0.05, 0.1) is 19.9 Å². The van der Waals surface area contributed by atoms with E-state index in [1.54, 1.807) is 11.7 Å². The Bertz CT molecular complexity index is 1060. The van der Waals surface area contributed by atoms with E-state index in [2.05, 4.69) is 9.80 Å². The van der Waals surface area contributed by atoms with Crippen molar-refractivity contribution in [2.45, 2.75) is 20.5 Å². The second kappa shape index (κ2) is 8.69. The number of nitrogens with zero attached hydrogens (tertiary/aromatic N) is 4. The minimum Gasteiger partial charge on any atom is -0.457 e. The third-order valence-electron chi connectivity index (χ3n) is 5.28. The fourth-order valence-electron chi connectivity index (χ4n) is 3.46. The number of fused-ring (bicyclic) bond motifs is 1. The van der Waals surface area contributed by atoms with Crippen LogP contribution in [-0.2, 0) is 11.4 Å². The van der Waals surface area contributed by atoms with Crippen molar-refractivity contribution in [3.63, 3.8) is 0 Å². The van der Waals surface area contributed by atoms with Crippen molar-refractivity contribution < 1.29 is 9.47 Å². The molecule has 0 atom stereocenters. The molecule has 0 amide bonds. The molecule has 7 nitrogen and oxygen atoms in total. The molecule has 30 heavy (non-hydrogen) atoms. The molecule has 3 aromatic rings. The summed E-state index contributed by atoms with van der Waals surface area (Å²) in [7, 11) is 1.68. The molecule has 0 radical (unpaired) electrons. The maximum absolute atomic E-state index is 12.9. The Morgan fingerprint density at radius 3 is 2.37 bits per heavy atom. The number of anilines is 2. The predicted octanol–water partition coefficient (Wildman–Crippen LogP) is 3.67. The summed E-state index contributed by atoms with van der Waals surface area (Å²) in [6, 6.07) is 17.5. The van der Waals surface area contributed by atoms with Crippen LogP contribution in [0.2, 0.25) is 0 Å². The number of para-hydroxylation sites is 1. The second-order valence-corrected chi connectivity index (χ2v) is 7.36. The zero-order chi connectivity index (χ0) is 21.1. The highest BCUT2D eigenvalue weighted by atomic mass is 16.5. The first kappa shape index (κ1) is 20.1. The van der Waals surface area contributed by atoms with Gasteiger partial charge in [-0.3, -0.25) is 19.2 Å². The summed E-state index contributed by atoms with van der Waals surface area (Å²) < 4.78 is 12.9. The number of methoxy groups -OCH3 is 1. The van der Waals surface area contributed by atoms with Gasteiger partial charge in [-0.25, -0.2) is 4.98 Å². The molecule has 1 aliphatic heterocycles. The molecule has 0 fully saturated rings. The van der Waals surface area contributed by atoms with Crippen LogP contribution in [0.25, 0.3) is 0 Å². The molecular weight excluding hydrogens is 380 g/mol. The van der Waals surface area contributed by atoms with Crippen LogP contribution in [-0.4, -0.2) is 41.4 Å². The number of aryl methyl sites for hydroxylation is 1. The maximum Gasteiger partial charge on any atom is 0.259 e. The SMILES string of the molecule is COCCN1CN(c2ccc(Oc3ccccc3)cc2)c2nc(C)c(C)c(=O)n2C1. The van der Waals surface area contributed by atoms with Crippen LogP contribution < -0.4 is 15.2 Å². The Hall–Kier alpha value is -3.16. The predicted molar refractivity (Wildman–Crippen MR) is 117 cm³/mol. The molecule has 0 saturated heterocycles. The minimum atomic E-state index is -0.00588. The molecule has 0 unspecified atom stereocenters. The Morgan fingerprint density at radius 1 is 0.967 bits per heavy atom. The van der Waals surface area contributed by atoms with Gasteiger partial charge in [0.2, 0.25) is 5.95 Å². The van der Waals surface area contributed by atoms with E-state index in [1.165, 1.54) is 0 Å². The number of ether oxygens (including phenoxy) is 2. The van der Waals surface area contributed by atoms with Crippen LogP contribution in [0.5, 0.6) is 11.5 Å². The van der Waals surface area contributed by atoms with Crippen LogP contribution in [0.15, 0.2) is 59.4 Å². The van der Waals surface area contributed by atoms with E-state index in [4.69, 9.17) is 14.5 Å². The number of rotatable bonds is 6. The molecule has 0 bridgehead atoms. The third-order valence-corrected chi connectivity index (χ3v) is 5.28. The molecule has 4 rings (SSSR count). The summed E-state index contributed by atoms with van der Waals surface area (Å²) in [6.45, 7) is 6.14. The first-order valence-corrected chi connectivity index (χ1v) is 9.96. The van der Waals surface area contributed by atoms with E-state index in [0.717, 1.165) is 29.4 Å². The Morgan fingerprint density at radius 2 is 1.67 bits per heavy atom. The van der Waals surface area contributed by atoms with E-state index >= 15 is 0 Å². The van der Waals surface area contributed by atoms with Crippen LogP contribution in [0.1, 0.15) is 11.3 Å².